The number of rotatable bonds is 0. The molecule has 0 aromatic carbocycles. The Morgan fingerprint density at radius 1 is 1.20 bits per heavy atom. The number of aromatic nitrogens is 1. The molecule has 84 valence electrons. The molecule has 1 aromatic heterocycles. The Balaban J connectivity index is 0. The van der Waals surface area contributed by atoms with Gasteiger partial charge in [0.2, 0.25) is 0 Å². The molecule has 0 radical (unpaired) electrons. The van der Waals surface area contributed by atoms with Crippen LogP contribution in [0.15, 0.2) is 18.2 Å². The van der Waals surface area contributed by atoms with Crippen LogP contribution in [0.2, 0.25) is 0 Å². The van der Waals surface area contributed by atoms with Gasteiger partial charge in [0, 0.05) is 0 Å². The van der Waals surface area contributed by atoms with Gasteiger partial charge in [-0.3, -0.25) is 0 Å². The van der Waals surface area contributed by atoms with Crippen molar-refractivity contribution in [2.45, 2.75) is 47.0 Å². The van der Waals surface area contributed by atoms with Crippen molar-refractivity contribution in [1.82, 2.24) is 4.98 Å². The molecule has 0 unspecified atom stereocenters. The van der Waals surface area contributed by atoms with Crippen molar-refractivity contribution < 1.29 is 21.1 Å². The van der Waals surface area contributed by atoms with E-state index in [0.717, 1.165) is 5.69 Å². The molecule has 15 heavy (non-hydrogen) atoms. The minimum Gasteiger partial charge on any atom is -0.390 e. The second-order valence-corrected chi connectivity index (χ2v) is 4.90. The van der Waals surface area contributed by atoms with Gasteiger partial charge in [-0.25, -0.2) is 0 Å². The third-order valence-corrected chi connectivity index (χ3v) is 1.38. The molecular weight excluding hydrogens is 354 g/mol. The zero-order chi connectivity index (χ0) is 11.2. The Morgan fingerprint density at radius 2 is 1.67 bits per heavy atom. The van der Waals surface area contributed by atoms with E-state index in [0.29, 0.717) is 0 Å². The minimum atomic E-state index is 0. The van der Waals surface area contributed by atoms with Crippen LogP contribution in [-0.4, -0.2) is 4.98 Å². The number of hydrogen-bond donors (Lipinski definition) is 0. The maximum Gasteiger partial charge on any atom is 2.00 e. The van der Waals surface area contributed by atoms with E-state index >= 15 is 0 Å². The van der Waals surface area contributed by atoms with E-state index in [1.54, 1.807) is 0 Å². The van der Waals surface area contributed by atoms with Crippen LogP contribution in [0.3, 0.4) is 0 Å². The van der Waals surface area contributed by atoms with Crippen molar-refractivity contribution in [3.8, 4) is 0 Å². The van der Waals surface area contributed by atoms with Gasteiger partial charge in [0.1, 0.15) is 0 Å². The summed E-state index contributed by atoms with van der Waals surface area (Å²) in [6.07, 6.45) is 2.82. The normalized spacial score (nSPS) is 10.1. The summed E-state index contributed by atoms with van der Waals surface area (Å²) in [4.78, 5) is 4.12. The predicted molar refractivity (Wildman–Crippen MR) is 62.0 cm³/mol. The summed E-state index contributed by atoms with van der Waals surface area (Å²) in [6, 6.07) is 5.80. The van der Waals surface area contributed by atoms with Gasteiger partial charge >= 0.3 is 21.1 Å². The molecule has 0 aliphatic rings. The van der Waals surface area contributed by atoms with Gasteiger partial charge < -0.3 is 10.9 Å². The first kappa shape index (κ1) is 17.2. The average molecular weight is 375 g/mol. The maximum absolute atomic E-state index is 4.12. The van der Waals surface area contributed by atoms with Crippen molar-refractivity contribution in [3.05, 3.63) is 36.0 Å². The molecule has 0 saturated heterocycles. The Kier molecular flexibility index (Phi) is 9.25. The van der Waals surface area contributed by atoms with Crippen LogP contribution in [0, 0.1) is 12.1 Å². The van der Waals surface area contributed by atoms with Crippen LogP contribution in [0.5, 0.6) is 0 Å². The van der Waals surface area contributed by atoms with Crippen LogP contribution >= 0.6 is 0 Å². The molecule has 1 rings (SSSR count). The SMILES string of the molecule is CC(C)(C)c1ccc[c-]n1.C[C-](C)C.[W+2]. The molecule has 1 heterocycles. The Morgan fingerprint density at radius 3 is 1.87 bits per heavy atom. The molecule has 0 saturated carbocycles. The number of pyridine rings is 1. The van der Waals surface area contributed by atoms with E-state index in [-0.39, 0.29) is 26.5 Å². The summed E-state index contributed by atoms with van der Waals surface area (Å²) in [5, 5.41) is 0. The molecule has 0 aliphatic heterocycles. The average Bonchev–Trinajstić information content (AvgIpc) is 2.03. The van der Waals surface area contributed by atoms with Crippen molar-refractivity contribution in [1.29, 1.82) is 0 Å². The van der Waals surface area contributed by atoms with Gasteiger partial charge in [0.15, 0.2) is 0 Å². The van der Waals surface area contributed by atoms with Crippen LogP contribution in [0.4, 0.5) is 0 Å². The van der Waals surface area contributed by atoms with Crippen molar-refractivity contribution in [2.75, 3.05) is 0 Å². The largest absolute Gasteiger partial charge is 2.00 e. The van der Waals surface area contributed by atoms with E-state index in [1.807, 2.05) is 18.2 Å². The number of hydrogen-bond acceptors (Lipinski definition) is 1. The molecule has 1 nitrogen and oxygen atoms in total. The first-order chi connectivity index (χ1) is 6.34. The van der Waals surface area contributed by atoms with Crippen LogP contribution in [0.1, 0.15) is 47.2 Å². The summed E-state index contributed by atoms with van der Waals surface area (Å²) in [6.45, 7) is 12.7. The Labute approximate surface area is 109 Å². The van der Waals surface area contributed by atoms with Crippen LogP contribution < -0.4 is 0 Å². The molecule has 0 amide bonds. The Hall–Kier alpha value is -0.162. The molecular formula is C13H21NW. The first-order valence-electron chi connectivity index (χ1n) is 4.94. The molecule has 1 aromatic rings. The monoisotopic (exact) mass is 375 g/mol. The van der Waals surface area contributed by atoms with Crippen LogP contribution in [-0.2, 0) is 26.5 Å². The summed E-state index contributed by atoms with van der Waals surface area (Å²) in [5.41, 5.74) is 1.24. The molecule has 0 N–H and O–H groups in total. The fraction of sp³-hybridized carbons (Fsp3) is 0.538. The quantitative estimate of drug-likeness (QED) is 0.629. The fourth-order valence-electron chi connectivity index (χ4n) is 0.744. The predicted octanol–water partition coefficient (Wildman–Crippen LogP) is 3.80. The summed E-state index contributed by atoms with van der Waals surface area (Å²) >= 11 is 0. The third kappa shape index (κ3) is 10.1. The Bertz CT molecular complexity index is 234. The van der Waals surface area contributed by atoms with E-state index in [2.05, 4.69) is 52.7 Å². The molecule has 0 spiro atoms. The molecule has 0 atom stereocenters. The van der Waals surface area contributed by atoms with Crippen LogP contribution in [0.25, 0.3) is 0 Å². The van der Waals surface area contributed by atoms with Crippen molar-refractivity contribution in [2.24, 2.45) is 0 Å². The van der Waals surface area contributed by atoms with Gasteiger partial charge in [0.05, 0.1) is 0 Å². The molecule has 2 heteroatoms. The van der Waals surface area contributed by atoms with E-state index in [4.69, 9.17) is 0 Å². The standard InChI is InChI=1S/C9H12N.C4H9.W/c1-9(2,3)8-6-4-5-7-10-8;1-4(2)3;/h4-6H,1-3H3;1-3H3;/q2*-1;+2. The van der Waals surface area contributed by atoms with Crippen molar-refractivity contribution in [3.63, 3.8) is 0 Å². The van der Waals surface area contributed by atoms with E-state index in [9.17, 15) is 0 Å². The summed E-state index contributed by atoms with van der Waals surface area (Å²) in [5.74, 6) is 1.42. The molecule has 0 aliphatic carbocycles. The maximum atomic E-state index is 4.12. The van der Waals surface area contributed by atoms with Gasteiger partial charge in [-0.05, 0) is 5.41 Å². The first-order valence-corrected chi connectivity index (χ1v) is 4.94. The third-order valence-electron chi connectivity index (χ3n) is 1.38. The summed E-state index contributed by atoms with van der Waals surface area (Å²) in [7, 11) is 0. The van der Waals surface area contributed by atoms with Gasteiger partial charge in [-0.1, -0.05) is 32.7 Å². The smallest absolute Gasteiger partial charge is 0.390 e. The second kappa shape index (κ2) is 8.04. The molecule has 0 bridgehead atoms. The summed E-state index contributed by atoms with van der Waals surface area (Å²) < 4.78 is 0. The van der Waals surface area contributed by atoms with E-state index in [1.165, 1.54) is 5.92 Å². The zero-order valence-corrected chi connectivity index (χ0v) is 13.5. The van der Waals surface area contributed by atoms with Gasteiger partial charge in [0.25, 0.3) is 0 Å². The fourth-order valence-corrected chi connectivity index (χ4v) is 0.744. The number of nitrogens with zero attached hydrogens (tertiary/aromatic N) is 1. The second-order valence-electron chi connectivity index (χ2n) is 4.90. The van der Waals surface area contributed by atoms with E-state index < -0.39 is 0 Å². The van der Waals surface area contributed by atoms with Gasteiger partial charge in [-0.15, -0.1) is 0 Å². The molecule has 0 fully saturated rings. The topological polar surface area (TPSA) is 12.9 Å². The minimum absolute atomic E-state index is 0. The zero-order valence-electron chi connectivity index (χ0n) is 10.6. The van der Waals surface area contributed by atoms with Gasteiger partial charge in [-0.2, -0.15) is 39.0 Å². The van der Waals surface area contributed by atoms with Crippen molar-refractivity contribution >= 4 is 0 Å².